The second-order valence-electron chi connectivity index (χ2n) is 4.59. The Morgan fingerprint density at radius 1 is 1.22 bits per heavy atom. The Morgan fingerprint density at radius 3 is 2.65 bits per heavy atom. The number of amides is 1. The first-order valence-corrected chi connectivity index (χ1v) is 9.17. The number of thiazole rings is 1. The second kappa shape index (κ2) is 7.12. The van der Waals surface area contributed by atoms with Gasteiger partial charge in [0, 0.05) is 16.0 Å². The molecule has 0 aliphatic carbocycles. The molecule has 0 spiro atoms. The number of thioether (sulfide) groups is 1. The van der Waals surface area contributed by atoms with Crippen LogP contribution in [0, 0.1) is 0 Å². The summed E-state index contributed by atoms with van der Waals surface area (Å²) in [4.78, 5) is 20.8. The molecule has 0 unspecified atom stereocenters. The zero-order valence-corrected chi connectivity index (χ0v) is 14.5. The first-order chi connectivity index (χ1) is 11.2. The van der Waals surface area contributed by atoms with Gasteiger partial charge in [0.15, 0.2) is 0 Å². The minimum Gasteiger partial charge on any atom is -0.319 e. The molecule has 4 nitrogen and oxygen atoms in total. The van der Waals surface area contributed by atoms with Gasteiger partial charge in [-0.15, -0.1) is 23.1 Å². The van der Waals surface area contributed by atoms with Crippen LogP contribution < -0.4 is 5.32 Å². The summed E-state index contributed by atoms with van der Waals surface area (Å²) in [5.41, 5.74) is 1.96. The van der Waals surface area contributed by atoms with E-state index in [0.29, 0.717) is 16.4 Å². The maximum absolute atomic E-state index is 12.2. The fourth-order valence-electron chi connectivity index (χ4n) is 1.87. The van der Waals surface area contributed by atoms with Crippen molar-refractivity contribution in [1.29, 1.82) is 0 Å². The molecular formula is C16H12ClN3OS2. The summed E-state index contributed by atoms with van der Waals surface area (Å²) in [5, 5.41) is 6.89. The van der Waals surface area contributed by atoms with E-state index in [0.717, 1.165) is 15.6 Å². The Balaban J connectivity index is 1.74. The number of hydrogen-bond acceptors (Lipinski definition) is 5. The molecule has 0 saturated carbocycles. The molecule has 0 aliphatic rings. The van der Waals surface area contributed by atoms with Gasteiger partial charge < -0.3 is 5.32 Å². The van der Waals surface area contributed by atoms with E-state index in [9.17, 15) is 4.79 Å². The molecule has 0 saturated heterocycles. The lowest BCUT2D eigenvalue weighted by Crippen LogP contribution is -2.12. The topological polar surface area (TPSA) is 54.9 Å². The third-order valence-corrected chi connectivity index (χ3v) is 4.83. The van der Waals surface area contributed by atoms with Crippen molar-refractivity contribution in [2.75, 3.05) is 11.6 Å². The van der Waals surface area contributed by atoms with E-state index in [1.807, 2.05) is 30.5 Å². The minimum atomic E-state index is -0.250. The van der Waals surface area contributed by atoms with Crippen molar-refractivity contribution in [3.8, 4) is 10.6 Å². The number of pyridine rings is 1. The van der Waals surface area contributed by atoms with Crippen molar-refractivity contribution in [2.24, 2.45) is 0 Å². The summed E-state index contributed by atoms with van der Waals surface area (Å²) < 4.78 is 0. The van der Waals surface area contributed by atoms with Gasteiger partial charge in [-0.25, -0.2) is 9.97 Å². The molecule has 2 heterocycles. The van der Waals surface area contributed by atoms with E-state index in [-0.39, 0.29) is 5.91 Å². The summed E-state index contributed by atoms with van der Waals surface area (Å²) >= 11 is 8.85. The number of rotatable bonds is 4. The van der Waals surface area contributed by atoms with Crippen LogP contribution in [0.4, 0.5) is 5.69 Å². The molecule has 1 N–H and O–H groups in total. The molecule has 3 rings (SSSR count). The van der Waals surface area contributed by atoms with Crippen molar-refractivity contribution >= 4 is 46.3 Å². The van der Waals surface area contributed by atoms with Gasteiger partial charge in [0.2, 0.25) is 0 Å². The van der Waals surface area contributed by atoms with Crippen LogP contribution in [0.25, 0.3) is 10.6 Å². The lowest BCUT2D eigenvalue weighted by atomic mass is 10.2. The van der Waals surface area contributed by atoms with Crippen molar-refractivity contribution < 1.29 is 4.79 Å². The highest BCUT2D eigenvalue weighted by atomic mass is 35.5. The van der Waals surface area contributed by atoms with Gasteiger partial charge in [0.1, 0.15) is 10.7 Å². The van der Waals surface area contributed by atoms with E-state index in [1.165, 1.54) is 11.3 Å². The Labute approximate surface area is 146 Å². The zero-order chi connectivity index (χ0) is 16.2. The number of carbonyl (C=O) groups is 1. The predicted octanol–water partition coefficient (Wildman–Crippen LogP) is 4.83. The highest BCUT2D eigenvalue weighted by molar-refractivity contribution is 7.98. The predicted molar refractivity (Wildman–Crippen MR) is 96.5 cm³/mol. The average molecular weight is 362 g/mol. The molecule has 3 aromatic rings. The highest BCUT2D eigenvalue weighted by Crippen LogP contribution is 2.25. The lowest BCUT2D eigenvalue weighted by Gasteiger charge is -2.03. The lowest BCUT2D eigenvalue weighted by molar-refractivity contribution is 0.102. The van der Waals surface area contributed by atoms with E-state index >= 15 is 0 Å². The summed E-state index contributed by atoms with van der Waals surface area (Å²) in [6.45, 7) is 0. The van der Waals surface area contributed by atoms with Crippen LogP contribution >= 0.6 is 34.7 Å². The summed E-state index contributed by atoms with van der Waals surface area (Å²) in [6, 6.07) is 11.1. The SMILES string of the molecule is CSc1ccc(NC(=O)c2csc(-c3ccc(Cl)cc3)n2)cn1. The Bertz CT molecular complexity index is 816. The first kappa shape index (κ1) is 16.0. The Kier molecular flexibility index (Phi) is 4.95. The van der Waals surface area contributed by atoms with E-state index in [1.54, 1.807) is 35.5 Å². The van der Waals surface area contributed by atoms with Gasteiger partial charge >= 0.3 is 0 Å². The molecule has 0 atom stereocenters. The van der Waals surface area contributed by atoms with Crippen LogP contribution in [-0.4, -0.2) is 22.1 Å². The van der Waals surface area contributed by atoms with Crippen LogP contribution in [0.5, 0.6) is 0 Å². The van der Waals surface area contributed by atoms with Crippen LogP contribution in [0.15, 0.2) is 53.0 Å². The van der Waals surface area contributed by atoms with Crippen molar-refractivity contribution in [2.45, 2.75) is 5.03 Å². The quantitative estimate of drug-likeness (QED) is 0.676. The van der Waals surface area contributed by atoms with Crippen LogP contribution in [0.1, 0.15) is 10.5 Å². The standard InChI is InChI=1S/C16H12ClN3OS2/c1-22-14-7-6-12(8-18-14)19-15(21)13-9-23-16(20-13)10-2-4-11(17)5-3-10/h2-9H,1H3,(H,19,21). The Morgan fingerprint density at radius 2 is 2.00 bits per heavy atom. The largest absolute Gasteiger partial charge is 0.319 e. The number of carbonyl (C=O) groups excluding carboxylic acids is 1. The van der Waals surface area contributed by atoms with Crippen LogP contribution in [0.3, 0.4) is 0 Å². The van der Waals surface area contributed by atoms with Crippen LogP contribution in [0.2, 0.25) is 5.02 Å². The molecule has 0 radical (unpaired) electrons. The van der Waals surface area contributed by atoms with E-state index < -0.39 is 0 Å². The highest BCUT2D eigenvalue weighted by Gasteiger charge is 2.12. The molecule has 1 amide bonds. The smallest absolute Gasteiger partial charge is 0.275 e. The van der Waals surface area contributed by atoms with Crippen molar-refractivity contribution in [3.63, 3.8) is 0 Å². The normalized spacial score (nSPS) is 10.5. The summed E-state index contributed by atoms with van der Waals surface area (Å²) in [6.07, 6.45) is 3.59. The minimum absolute atomic E-state index is 0.250. The van der Waals surface area contributed by atoms with E-state index in [4.69, 9.17) is 11.6 Å². The molecule has 7 heteroatoms. The fraction of sp³-hybridized carbons (Fsp3) is 0.0625. The van der Waals surface area contributed by atoms with Gasteiger partial charge in [0.05, 0.1) is 16.9 Å². The Hall–Kier alpha value is -1.89. The second-order valence-corrected chi connectivity index (χ2v) is 6.71. The summed E-state index contributed by atoms with van der Waals surface area (Å²) in [7, 11) is 0. The molecule has 0 aliphatic heterocycles. The average Bonchev–Trinajstić information content (AvgIpc) is 3.06. The molecule has 23 heavy (non-hydrogen) atoms. The van der Waals surface area contributed by atoms with Gasteiger partial charge in [-0.05, 0) is 30.5 Å². The molecular weight excluding hydrogens is 350 g/mol. The number of halogens is 1. The zero-order valence-electron chi connectivity index (χ0n) is 12.1. The molecule has 0 fully saturated rings. The summed E-state index contributed by atoms with van der Waals surface area (Å²) in [5.74, 6) is -0.250. The number of nitrogens with zero attached hydrogens (tertiary/aromatic N) is 2. The molecule has 116 valence electrons. The number of hydrogen-bond donors (Lipinski definition) is 1. The number of nitrogens with one attached hydrogen (secondary N) is 1. The van der Waals surface area contributed by atoms with E-state index in [2.05, 4.69) is 15.3 Å². The maximum atomic E-state index is 12.2. The van der Waals surface area contributed by atoms with Crippen molar-refractivity contribution in [3.05, 3.63) is 58.7 Å². The first-order valence-electron chi connectivity index (χ1n) is 6.68. The van der Waals surface area contributed by atoms with Gasteiger partial charge in [-0.2, -0.15) is 0 Å². The molecule has 0 bridgehead atoms. The van der Waals surface area contributed by atoms with Gasteiger partial charge in [0.25, 0.3) is 5.91 Å². The third kappa shape index (κ3) is 3.90. The maximum Gasteiger partial charge on any atom is 0.275 e. The molecule has 1 aromatic carbocycles. The van der Waals surface area contributed by atoms with Gasteiger partial charge in [-0.1, -0.05) is 23.7 Å². The fourth-order valence-corrected chi connectivity index (χ4v) is 3.17. The molecule has 2 aromatic heterocycles. The number of benzene rings is 1. The third-order valence-electron chi connectivity index (χ3n) is 3.03. The van der Waals surface area contributed by atoms with Crippen LogP contribution in [-0.2, 0) is 0 Å². The van der Waals surface area contributed by atoms with Crippen molar-refractivity contribution in [1.82, 2.24) is 9.97 Å². The number of anilines is 1. The monoisotopic (exact) mass is 361 g/mol. The number of aromatic nitrogens is 2. The van der Waals surface area contributed by atoms with Gasteiger partial charge in [-0.3, -0.25) is 4.79 Å².